The fourth-order valence-corrected chi connectivity index (χ4v) is 4.18. The minimum Gasteiger partial charge on any atom is -0.483 e. The predicted octanol–water partition coefficient (Wildman–Crippen LogP) is 4.93. The van der Waals surface area contributed by atoms with Crippen molar-refractivity contribution in [1.82, 2.24) is 9.80 Å². The molecule has 0 aromatic heterocycles. The van der Waals surface area contributed by atoms with Crippen LogP contribution in [0.3, 0.4) is 0 Å². The molecule has 1 fully saturated rings. The molecule has 5 heteroatoms. The summed E-state index contributed by atoms with van der Waals surface area (Å²) in [5.41, 5.74) is 3.25. The molecule has 0 bridgehead atoms. The van der Waals surface area contributed by atoms with E-state index in [4.69, 9.17) is 4.74 Å². The van der Waals surface area contributed by atoms with Crippen LogP contribution in [0.15, 0.2) is 42.5 Å². The third-order valence-corrected chi connectivity index (χ3v) is 6.03. The normalized spacial score (nSPS) is 20.0. The van der Waals surface area contributed by atoms with Crippen molar-refractivity contribution in [3.63, 3.8) is 0 Å². The summed E-state index contributed by atoms with van der Waals surface area (Å²) >= 11 is 0. The van der Waals surface area contributed by atoms with Crippen molar-refractivity contribution in [3.8, 4) is 5.75 Å². The van der Waals surface area contributed by atoms with E-state index in [0.717, 1.165) is 35.5 Å². The van der Waals surface area contributed by atoms with Crippen LogP contribution in [0.1, 0.15) is 51.3 Å². The van der Waals surface area contributed by atoms with Gasteiger partial charge in [0.15, 0.2) is 6.61 Å². The third kappa shape index (κ3) is 5.85. The van der Waals surface area contributed by atoms with Gasteiger partial charge in [-0.25, -0.2) is 4.39 Å². The van der Waals surface area contributed by atoms with Crippen LogP contribution in [0.2, 0.25) is 0 Å². The molecule has 31 heavy (non-hydrogen) atoms. The van der Waals surface area contributed by atoms with Gasteiger partial charge in [-0.15, -0.1) is 0 Å². The molecule has 2 aromatic carbocycles. The number of benzene rings is 2. The highest BCUT2D eigenvalue weighted by Gasteiger charge is 2.32. The average Bonchev–Trinajstić information content (AvgIpc) is 2.69. The highest BCUT2D eigenvalue weighted by atomic mass is 19.1. The van der Waals surface area contributed by atoms with Crippen molar-refractivity contribution in [3.05, 3.63) is 65.0 Å². The number of halogens is 1. The largest absolute Gasteiger partial charge is 0.483 e. The highest BCUT2D eigenvalue weighted by Crippen LogP contribution is 2.32. The van der Waals surface area contributed by atoms with Gasteiger partial charge in [-0.1, -0.05) is 45.0 Å². The molecule has 0 spiro atoms. The zero-order valence-corrected chi connectivity index (χ0v) is 19.6. The molecular formula is C26H35FN2O2. The van der Waals surface area contributed by atoms with E-state index in [2.05, 4.69) is 51.7 Å². The SMILES string of the molecule is Cc1ccc(C(C)(C)C)c(OCC(=O)N2C[C@H](C)N(Cc3ccc(F)cc3)C[C@H]2C)c1. The fourth-order valence-electron chi connectivity index (χ4n) is 4.18. The van der Waals surface area contributed by atoms with E-state index in [1.165, 1.54) is 12.1 Å². The minimum atomic E-state index is -0.219. The molecule has 3 rings (SSSR count). The molecule has 1 heterocycles. The molecule has 1 amide bonds. The van der Waals surface area contributed by atoms with E-state index in [1.54, 1.807) is 0 Å². The lowest BCUT2D eigenvalue weighted by molar-refractivity contribution is -0.139. The molecule has 1 aliphatic heterocycles. The molecule has 2 atom stereocenters. The first-order valence-electron chi connectivity index (χ1n) is 11.1. The summed E-state index contributed by atoms with van der Waals surface area (Å²) in [6.07, 6.45) is 0. The zero-order valence-electron chi connectivity index (χ0n) is 19.6. The van der Waals surface area contributed by atoms with E-state index >= 15 is 0 Å². The number of piperazine rings is 1. The number of nitrogens with zero attached hydrogens (tertiary/aromatic N) is 2. The number of ether oxygens (including phenoxy) is 1. The second kappa shape index (κ2) is 9.39. The van der Waals surface area contributed by atoms with Crippen molar-refractivity contribution in [1.29, 1.82) is 0 Å². The first kappa shape index (κ1) is 23.3. The number of carbonyl (C=O) groups is 1. The van der Waals surface area contributed by atoms with Crippen LogP contribution in [0.25, 0.3) is 0 Å². The maximum Gasteiger partial charge on any atom is 0.260 e. The molecule has 1 saturated heterocycles. The summed E-state index contributed by atoms with van der Waals surface area (Å²) in [7, 11) is 0. The van der Waals surface area contributed by atoms with Crippen LogP contribution in [0, 0.1) is 12.7 Å². The van der Waals surface area contributed by atoms with Crippen LogP contribution in [-0.4, -0.2) is 47.5 Å². The Labute approximate surface area is 186 Å². The molecule has 2 aromatic rings. The Balaban J connectivity index is 1.62. The number of hydrogen-bond acceptors (Lipinski definition) is 3. The monoisotopic (exact) mass is 426 g/mol. The van der Waals surface area contributed by atoms with Crippen molar-refractivity contribution in [2.75, 3.05) is 19.7 Å². The highest BCUT2D eigenvalue weighted by molar-refractivity contribution is 5.78. The lowest BCUT2D eigenvalue weighted by Gasteiger charge is -2.44. The number of hydrogen-bond donors (Lipinski definition) is 0. The number of amides is 1. The maximum absolute atomic E-state index is 13.2. The Hall–Kier alpha value is -2.40. The summed E-state index contributed by atoms with van der Waals surface area (Å²) in [6, 6.07) is 13.1. The predicted molar refractivity (Wildman–Crippen MR) is 123 cm³/mol. The second-order valence-electron chi connectivity index (χ2n) is 9.84. The van der Waals surface area contributed by atoms with Crippen molar-refractivity contribution >= 4 is 5.91 Å². The number of aryl methyl sites for hydroxylation is 1. The van der Waals surface area contributed by atoms with Gasteiger partial charge in [-0.2, -0.15) is 0 Å². The molecule has 0 saturated carbocycles. The molecule has 1 aliphatic rings. The Morgan fingerprint density at radius 2 is 1.74 bits per heavy atom. The summed E-state index contributed by atoms with van der Waals surface area (Å²) in [4.78, 5) is 17.3. The van der Waals surface area contributed by atoms with Crippen LogP contribution < -0.4 is 4.74 Å². The Morgan fingerprint density at radius 3 is 2.39 bits per heavy atom. The van der Waals surface area contributed by atoms with E-state index in [-0.39, 0.29) is 35.8 Å². The summed E-state index contributed by atoms with van der Waals surface area (Å²) in [6.45, 7) is 14.9. The molecule has 0 N–H and O–H groups in total. The van der Waals surface area contributed by atoms with E-state index in [1.807, 2.05) is 30.0 Å². The van der Waals surface area contributed by atoms with Crippen LogP contribution >= 0.6 is 0 Å². The number of carbonyl (C=O) groups excluding carboxylic acids is 1. The Bertz CT molecular complexity index is 905. The third-order valence-electron chi connectivity index (χ3n) is 6.03. The van der Waals surface area contributed by atoms with Crippen molar-refractivity contribution in [2.45, 2.75) is 65.6 Å². The molecular weight excluding hydrogens is 391 g/mol. The molecule has 0 radical (unpaired) electrons. The van der Waals surface area contributed by atoms with Crippen molar-refractivity contribution < 1.29 is 13.9 Å². The lowest BCUT2D eigenvalue weighted by Crippen LogP contribution is -2.58. The van der Waals surface area contributed by atoms with Gasteiger partial charge in [-0.3, -0.25) is 9.69 Å². The standard InChI is InChI=1S/C26H35FN2O2/c1-18-7-12-23(26(4,5)6)24(13-18)31-17-25(30)29-15-19(2)28(14-20(29)3)16-21-8-10-22(27)11-9-21/h7-13,19-20H,14-17H2,1-6H3/t19-,20+/m0/s1. The van der Waals surface area contributed by atoms with Gasteiger partial charge in [0.1, 0.15) is 11.6 Å². The van der Waals surface area contributed by atoms with Gasteiger partial charge < -0.3 is 9.64 Å². The van der Waals surface area contributed by atoms with Gasteiger partial charge in [0, 0.05) is 31.7 Å². The molecule has 0 unspecified atom stereocenters. The average molecular weight is 427 g/mol. The van der Waals surface area contributed by atoms with E-state index < -0.39 is 0 Å². The van der Waals surface area contributed by atoms with E-state index in [0.29, 0.717) is 6.54 Å². The van der Waals surface area contributed by atoms with Gasteiger partial charge in [0.05, 0.1) is 0 Å². The number of rotatable bonds is 5. The molecule has 0 aliphatic carbocycles. The van der Waals surface area contributed by atoms with Gasteiger partial charge in [-0.05, 0) is 61.1 Å². The summed E-state index contributed by atoms with van der Waals surface area (Å²) in [5.74, 6) is 0.586. The minimum absolute atomic E-state index is 0.0159. The lowest BCUT2D eigenvalue weighted by atomic mass is 9.86. The van der Waals surface area contributed by atoms with Crippen molar-refractivity contribution in [2.24, 2.45) is 0 Å². The maximum atomic E-state index is 13.2. The zero-order chi connectivity index (χ0) is 22.8. The Kier molecular flexibility index (Phi) is 7.05. The Morgan fingerprint density at radius 1 is 1.06 bits per heavy atom. The smallest absolute Gasteiger partial charge is 0.260 e. The first-order valence-corrected chi connectivity index (χ1v) is 11.1. The van der Waals surface area contributed by atoms with E-state index in [9.17, 15) is 9.18 Å². The summed E-state index contributed by atoms with van der Waals surface area (Å²) < 4.78 is 19.2. The van der Waals surface area contributed by atoms with Crippen LogP contribution in [0.4, 0.5) is 4.39 Å². The quantitative estimate of drug-likeness (QED) is 0.680. The van der Waals surface area contributed by atoms with Gasteiger partial charge >= 0.3 is 0 Å². The topological polar surface area (TPSA) is 32.8 Å². The fraction of sp³-hybridized carbons (Fsp3) is 0.500. The van der Waals surface area contributed by atoms with Crippen LogP contribution in [0.5, 0.6) is 5.75 Å². The molecule has 168 valence electrons. The van der Waals surface area contributed by atoms with Gasteiger partial charge in [0.2, 0.25) is 0 Å². The van der Waals surface area contributed by atoms with Crippen LogP contribution in [-0.2, 0) is 16.8 Å². The van der Waals surface area contributed by atoms with Gasteiger partial charge in [0.25, 0.3) is 5.91 Å². The molecule has 4 nitrogen and oxygen atoms in total. The summed E-state index contributed by atoms with van der Waals surface area (Å²) in [5, 5.41) is 0. The second-order valence-corrected chi connectivity index (χ2v) is 9.84. The first-order chi connectivity index (χ1) is 14.5.